The quantitative estimate of drug-likeness (QED) is 0.382. The number of hydrogen-bond donors (Lipinski definition) is 0. The predicted molar refractivity (Wildman–Crippen MR) is 134 cm³/mol. The van der Waals surface area contributed by atoms with Gasteiger partial charge in [-0.05, 0) is 49.1 Å². The predicted octanol–water partition coefficient (Wildman–Crippen LogP) is 4.61. The van der Waals surface area contributed by atoms with Crippen LogP contribution < -0.4 is 0 Å². The molecule has 10 heteroatoms. The zero-order valence-electron chi connectivity index (χ0n) is 20.9. The Morgan fingerprint density at radius 1 is 1.16 bits per heavy atom. The number of ether oxygens (including phenoxy) is 1. The smallest absolute Gasteiger partial charge is 0.254 e. The Hall–Kier alpha value is -3.11. The van der Waals surface area contributed by atoms with Crippen molar-refractivity contribution in [1.29, 1.82) is 0 Å². The van der Waals surface area contributed by atoms with Crippen LogP contribution in [0, 0.1) is 17.6 Å². The molecule has 0 aliphatic carbocycles. The van der Waals surface area contributed by atoms with Crippen molar-refractivity contribution in [3.05, 3.63) is 83.2 Å². The molecule has 0 saturated carbocycles. The van der Waals surface area contributed by atoms with Gasteiger partial charge in [0.2, 0.25) is 15.0 Å². The van der Waals surface area contributed by atoms with E-state index in [1.807, 2.05) is 13.8 Å². The summed E-state index contributed by atoms with van der Waals surface area (Å²) in [6, 6.07) is 11.1. The Bertz CT molecular complexity index is 1330. The molecule has 0 spiro atoms. The third kappa shape index (κ3) is 6.61. The molecule has 2 aromatic carbocycles. The van der Waals surface area contributed by atoms with Crippen molar-refractivity contribution in [2.75, 3.05) is 13.2 Å². The lowest BCUT2D eigenvalue weighted by Crippen LogP contribution is -2.35. The monoisotopic (exact) mass is 531 g/mol. The number of nitrogens with zero attached hydrogens (tertiary/aromatic N) is 3. The Labute approximate surface area is 216 Å². The number of aromatic nitrogens is 2. The number of carbonyl (C=O) groups is 1. The summed E-state index contributed by atoms with van der Waals surface area (Å²) in [5.74, 6) is -1.74. The molecular formula is C27H31F2N3O4S. The molecule has 1 aliphatic heterocycles. The zero-order valence-corrected chi connectivity index (χ0v) is 21.8. The molecule has 1 saturated heterocycles. The first kappa shape index (κ1) is 26.9. The van der Waals surface area contributed by atoms with Crippen LogP contribution in [-0.2, 0) is 33.4 Å². The molecule has 0 bridgehead atoms. The second-order valence-electron chi connectivity index (χ2n) is 9.71. The maximum absolute atomic E-state index is 14.3. The summed E-state index contributed by atoms with van der Waals surface area (Å²) in [5.41, 5.74) is 0.919. The van der Waals surface area contributed by atoms with E-state index in [1.165, 1.54) is 48.7 Å². The van der Waals surface area contributed by atoms with Crippen molar-refractivity contribution in [3.63, 3.8) is 0 Å². The number of halogens is 2. The van der Waals surface area contributed by atoms with Gasteiger partial charge in [-0.2, -0.15) is 0 Å². The van der Waals surface area contributed by atoms with Gasteiger partial charge in [0.05, 0.1) is 36.8 Å². The molecule has 198 valence electrons. The number of imidazole rings is 1. The van der Waals surface area contributed by atoms with Crippen LogP contribution in [0.15, 0.2) is 59.9 Å². The first-order chi connectivity index (χ1) is 17.6. The van der Waals surface area contributed by atoms with Crippen molar-refractivity contribution in [2.24, 2.45) is 5.92 Å². The first-order valence-electron chi connectivity index (χ1n) is 12.3. The lowest BCUT2D eigenvalue weighted by molar-refractivity contribution is 0.0711. The largest absolute Gasteiger partial charge is 0.376 e. The molecule has 1 aromatic heterocycles. The molecule has 1 amide bonds. The molecule has 1 fully saturated rings. The Morgan fingerprint density at radius 3 is 2.54 bits per heavy atom. The van der Waals surface area contributed by atoms with E-state index in [4.69, 9.17) is 4.74 Å². The van der Waals surface area contributed by atoms with Gasteiger partial charge in [-0.25, -0.2) is 22.2 Å². The van der Waals surface area contributed by atoms with E-state index in [0.29, 0.717) is 24.4 Å². The normalized spacial score (nSPS) is 15.9. The minimum Gasteiger partial charge on any atom is -0.376 e. The molecule has 37 heavy (non-hydrogen) atoms. The summed E-state index contributed by atoms with van der Waals surface area (Å²) in [6.07, 6.45) is 2.90. The number of benzene rings is 2. The minimum atomic E-state index is -4.01. The summed E-state index contributed by atoms with van der Waals surface area (Å²) in [4.78, 5) is 19.2. The Morgan fingerprint density at radius 2 is 1.89 bits per heavy atom. The standard InChI is InChI=1S/C27H31F2N3O4S/c1-19(2)15-31(26(33)20-9-11-22(28)12-10-20)16-23-14-30-27(32(23)17-24-7-5-13-36-24)37(34,35)18-21-6-3-4-8-25(21)29/h3-4,6,8-12,14,19,24H,5,7,13,15-18H2,1-2H3. The van der Waals surface area contributed by atoms with Gasteiger partial charge in [0, 0.05) is 24.3 Å². The third-order valence-corrected chi connectivity index (χ3v) is 7.78. The molecule has 4 rings (SSSR count). The van der Waals surface area contributed by atoms with Gasteiger partial charge in [-0.3, -0.25) is 4.79 Å². The third-order valence-electron chi connectivity index (χ3n) is 6.21. The van der Waals surface area contributed by atoms with E-state index in [1.54, 1.807) is 15.5 Å². The van der Waals surface area contributed by atoms with Crippen LogP contribution in [0.2, 0.25) is 0 Å². The SMILES string of the molecule is CC(C)CN(Cc1cnc(S(=O)(=O)Cc2ccccc2F)n1CC1CCCO1)C(=O)c1ccc(F)cc1. The second-order valence-corrected chi connectivity index (χ2v) is 11.6. The van der Waals surface area contributed by atoms with Crippen molar-refractivity contribution in [3.8, 4) is 0 Å². The lowest BCUT2D eigenvalue weighted by atomic mass is 10.1. The van der Waals surface area contributed by atoms with Crippen molar-refractivity contribution >= 4 is 15.7 Å². The van der Waals surface area contributed by atoms with Crippen LogP contribution >= 0.6 is 0 Å². The highest BCUT2D eigenvalue weighted by Gasteiger charge is 2.29. The van der Waals surface area contributed by atoms with Crippen molar-refractivity contribution < 1.29 is 26.7 Å². The Balaban J connectivity index is 1.68. The van der Waals surface area contributed by atoms with Gasteiger partial charge in [-0.1, -0.05) is 32.0 Å². The molecule has 7 nitrogen and oxygen atoms in total. The van der Waals surface area contributed by atoms with Crippen LogP contribution in [0.5, 0.6) is 0 Å². The van der Waals surface area contributed by atoms with Gasteiger partial charge < -0.3 is 14.2 Å². The van der Waals surface area contributed by atoms with Crippen molar-refractivity contribution in [1.82, 2.24) is 14.5 Å². The summed E-state index contributed by atoms with van der Waals surface area (Å²) in [6.45, 7) is 5.29. The molecule has 1 unspecified atom stereocenters. The van der Waals surface area contributed by atoms with Crippen LogP contribution in [0.1, 0.15) is 48.3 Å². The number of rotatable bonds is 10. The van der Waals surface area contributed by atoms with Crippen LogP contribution in [0.3, 0.4) is 0 Å². The summed E-state index contributed by atoms with van der Waals surface area (Å²) < 4.78 is 61.8. The number of carbonyl (C=O) groups excluding carboxylic acids is 1. The van der Waals surface area contributed by atoms with E-state index in [-0.39, 0.29) is 41.7 Å². The molecule has 1 atom stereocenters. The number of hydrogen-bond acceptors (Lipinski definition) is 5. The van der Waals surface area contributed by atoms with Gasteiger partial charge >= 0.3 is 0 Å². The van der Waals surface area contributed by atoms with Gasteiger partial charge in [0.25, 0.3) is 5.91 Å². The van der Waals surface area contributed by atoms with E-state index >= 15 is 0 Å². The highest BCUT2D eigenvalue weighted by molar-refractivity contribution is 7.90. The topological polar surface area (TPSA) is 81.5 Å². The first-order valence-corrected chi connectivity index (χ1v) is 14.0. The highest BCUT2D eigenvalue weighted by atomic mass is 32.2. The fraction of sp³-hybridized carbons (Fsp3) is 0.407. The number of amides is 1. The average molecular weight is 532 g/mol. The van der Waals surface area contributed by atoms with E-state index in [2.05, 4.69) is 4.98 Å². The van der Waals surface area contributed by atoms with E-state index < -0.39 is 27.2 Å². The van der Waals surface area contributed by atoms with E-state index in [9.17, 15) is 22.0 Å². The molecule has 2 heterocycles. The zero-order chi connectivity index (χ0) is 26.6. The van der Waals surface area contributed by atoms with E-state index in [0.717, 1.165) is 12.8 Å². The fourth-order valence-corrected chi connectivity index (χ4v) is 5.98. The van der Waals surface area contributed by atoms with Gasteiger partial charge in [-0.15, -0.1) is 0 Å². The van der Waals surface area contributed by atoms with Gasteiger partial charge in [0.15, 0.2) is 0 Å². The molecule has 0 radical (unpaired) electrons. The maximum atomic E-state index is 14.3. The highest BCUT2D eigenvalue weighted by Crippen LogP contribution is 2.24. The fourth-order valence-electron chi connectivity index (χ4n) is 4.47. The molecular weight excluding hydrogens is 500 g/mol. The minimum absolute atomic E-state index is 0.0589. The second kappa shape index (κ2) is 11.5. The molecule has 0 N–H and O–H groups in total. The average Bonchev–Trinajstić information content (AvgIpc) is 3.51. The van der Waals surface area contributed by atoms with Crippen LogP contribution in [-0.4, -0.2) is 48.0 Å². The van der Waals surface area contributed by atoms with Gasteiger partial charge in [0.1, 0.15) is 11.6 Å². The summed E-state index contributed by atoms with van der Waals surface area (Å²) >= 11 is 0. The molecule has 3 aromatic rings. The lowest BCUT2D eigenvalue weighted by Gasteiger charge is -2.26. The van der Waals surface area contributed by atoms with Crippen LogP contribution in [0.4, 0.5) is 8.78 Å². The Kier molecular flexibility index (Phi) is 8.39. The summed E-state index contributed by atoms with van der Waals surface area (Å²) in [7, 11) is -4.01. The van der Waals surface area contributed by atoms with Crippen LogP contribution in [0.25, 0.3) is 0 Å². The molecule has 1 aliphatic rings. The number of sulfone groups is 1. The summed E-state index contributed by atoms with van der Waals surface area (Å²) in [5, 5.41) is -0.181. The maximum Gasteiger partial charge on any atom is 0.254 e. The van der Waals surface area contributed by atoms with Crippen molar-refractivity contribution in [2.45, 2.75) is 56.8 Å².